The average Bonchev–Trinajstić information content (AvgIpc) is 2.79. The molecule has 4 rings (SSSR count). The number of rotatable bonds is 6. The first-order valence-corrected chi connectivity index (χ1v) is 11.0. The summed E-state index contributed by atoms with van der Waals surface area (Å²) >= 11 is 0. The van der Waals surface area contributed by atoms with Crippen LogP contribution in [0.2, 0.25) is 0 Å². The molecule has 2 fully saturated rings. The molecule has 2 heterocycles. The van der Waals surface area contributed by atoms with Gasteiger partial charge in [-0.2, -0.15) is 0 Å². The number of anilines is 2. The largest absolute Gasteiger partial charge is 0.374 e. The van der Waals surface area contributed by atoms with Gasteiger partial charge in [0.15, 0.2) is 0 Å². The van der Waals surface area contributed by atoms with Crippen LogP contribution in [0.4, 0.5) is 15.8 Å². The van der Waals surface area contributed by atoms with Gasteiger partial charge in [-0.1, -0.05) is 12.5 Å². The number of amides is 3. The number of carbonyl (C=O) groups is 3. The van der Waals surface area contributed by atoms with Gasteiger partial charge in [-0.3, -0.25) is 24.6 Å². The molecule has 3 N–H and O–H groups in total. The molecule has 1 unspecified atom stereocenters. The molecule has 7 nitrogen and oxygen atoms in total. The first-order valence-electron chi connectivity index (χ1n) is 11.0. The van der Waals surface area contributed by atoms with E-state index in [1.807, 2.05) is 0 Å². The van der Waals surface area contributed by atoms with Crippen LogP contribution in [0.15, 0.2) is 42.5 Å². The number of carbonyl (C=O) groups excluding carboxylic acids is 3. The van der Waals surface area contributed by atoms with E-state index in [0.29, 0.717) is 36.3 Å². The van der Waals surface area contributed by atoms with Crippen molar-refractivity contribution in [1.82, 2.24) is 10.2 Å². The van der Waals surface area contributed by atoms with Crippen LogP contribution in [-0.4, -0.2) is 41.8 Å². The Morgan fingerprint density at radius 1 is 1.03 bits per heavy atom. The third-order valence-electron chi connectivity index (χ3n) is 5.88. The molecule has 2 saturated heterocycles. The molecule has 0 spiro atoms. The summed E-state index contributed by atoms with van der Waals surface area (Å²) in [5, 5.41) is 8.15. The summed E-state index contributed by atoms with van der Waals surface area (Å²) in [6, 6.07) is 11.0. The van der Waals surface area contributed by atoms with Gasteiger partial charge in [-0.25, -0.2) is 4.39 Å². The lowest BCUT2D eigenvalue weighted by Gasteiger charge is -2.26. The molecule has 32 heavy (non-hydrogen) atoms. The van der Waals surface area contributed by atoms with Gasteiger partial charge in [0.25, 0.3) is 5.91 Å². The highest BCUT2D eigenvalue weighted by Gasteiger charge is 2.26. The molecule has 3 amide bonds. The second-order valence-electron chi connectivity index (χ2n) is 8.32. The Hall–Kier alpha value is -3.26. The molecule has 0 bridgehead atoms. The Bertz CT molecular complexity index is 1000. The fourth-order valence-corrected chi connectivity index (χ4v) is 4.06. The fraction of sp³-hybridized carbons (Fsp3) is 0.375. The van der Waals surface area contributed by atoms with Crippen molar-refractivity contribution in [2.45, 2.75) is 44.7 Å². The zero-order valence-electron chi connectivity index (χ0n) is 17.8. The number of halogens is 1. The summed E-state index contributed by atoms with van der Waals surface area (Å²) in [6.07, 6.45) is 4.24. The van der Waals surface area contributed by atoms with E-state index in [1.165, 1.54) is 12.5 Å². The van der Waals surface area contributed by atoms with Crippen molar-refractivity contribution in [3.63, 3.8) is 0 Å². The average molecular weight is 439 g/mol. The number of likely N-dealkylation sites (tertiary alicyclic amines) is 1. The van der Waals surface area contributed by atoms with Crippen molar-refractivity contribution < 1.29 is 18.8 Å². The fourth-order valence-electron chi connectivity index (χ4n) is 4.06. The summed E-state index contributed by atoms with van der Waals surface area (Å²) in [6.45, 7) is 2.53. The Morgan fingerprint density at radius 3 is 2.44 bits per heavy atom. The summed E-state index contributed by atoms with van der Waals surface area (Å²) in [5.41, 5.74) is 2.12. The van der Waals surface area contributed by atoms with Gasteiger partial charge in [0.2, 0.25) is 11.8 Å². The SMILES string of the molecule is O=C1CCC(Nc2ccc(NC(=O)c3ccc(CN4CCCCC4)c(F)c3)cc2)C(=O)N1. The lowest BCUT2D eigenvalue weighted by molar-refractivity contribution is -0.133. The van der Waals surface area contributed by atoms with Gasteiger partial charge < -0.3 is 10.6 Å². The molecule has 0 aromatic heterocycles. The van der Waals surface area contributed by atoms with Gasteiger partial charge in [-0.15, -0.1) is 0 Å². The highest BCUT2D eigenvalue weighted by molar-refractivity contribution is 6.04. The third-order valence-corrected chi connectivity index (χ3v) is 5.88. The van der Waals surface area contributed by atoms with Crippen molar-refractivity contribution in [2.75, 3.05) is 23.7 Å². The Morgan fingerprint density at radius 2 is 1.75 bits per heavy atom. The minimum atomic E-state index is -0.473. The van der Waals surface area contributed by atoms with E-state index in [-0.39, 0.29) is 29.1 Å². The molecular formula is C24H27FN4O3. The standard InChI is InChI=1S/C24H27FN4O3/c25-20-14-16(4-5-17(20)15-29-12-2-1-3-13-29)23(31)27-19-8-6-18(7-9-19)26-21-10-11-22(30)28-24(21)32/h4-9,14,21,26H,1-3,10-13,15H2,(H,27,31)(H,28,30,32). The second kappa shape index (κ2) is 9.91. The molecule has 2 aliphatic rings. The number of imide groups is 1. The molecule has 2 aliphatic heterocycles. The molecule has 2 aromatic carbocycles. The number of nitrogens with one attached hydrogen (secondary N) is 3. The zero-order valence-corrected chi connectivity index (χ0v) is 17.8. The van der Waals surface area contributed by atoms with Gasteiger partial charge in [0.1, 0.15) is 11.9 Å². The van der Waals surface area contributed by atoms with Gasteiger partial charge in [0.05, 0.1) is 0 Å². The topological polar surface area (TPSA) is 90.5 Å². The van der Waals surface area contributed by atoms with Crippen LogP contribution in [-0.2, 0) is 16.1 Å². The molecule has 1 atom stereocenters. The minimum Gasteiger partial charge on any atom is -0.374 e. The zero-order chi connectivity index (χ0) is 22.5. The predicted octanol–water partition coefficient (Wildman–Crippen LogP) is 3.28. The number of hydrogen-bond acceptors (Lipinski definition) is 5. The normalized spacial score (nSPS) is 19.3. The van der Waals surface area contributed by atoms with E-state index in [4.69, 9.17) is 0 Å². The lowest BCUT2D eigenvalue weighted by Crippen LogP contribution is -2.47. The van der Waals surface area contributed by atoms with Crippen LogP contribution in [0, 0.1) is 5.82 Å². The Balaban J connectivity index is 1.33. The monoisotopic (exact) mass is 438 g/mol. The predicted molar refractivity (Wildman–Crippen MR) is 120 cm³/mol. The molecular weight excluding hydrogens is 411 g/mol. The van der Waals surface area contributed by atoms with E-state index in [1.54, 1.807) is 36.4 Å². The molecule has 0 aliphatic carbocycles. The maximum absolute atomic E-state index is 14.6. The van der Waals surface area contributed by atoms with Crippen LogP contribution < -0.4 is 16.0 Å². The van der Waals surface area contributed by atoms with Crippen molar-refractivity contribution in [2.24, 2.45) is 0 Å². The summed E-state index contributed by atoms with van der Waals surface area (Å²) < 4.78 is 14.6. The van der Waals surface area contributed by atoms with Crippen molar-refractivity contribution in [3.8, 4) is 0 Å². The first-order chi connectivity index (χ1) is 15.5. The molecule has 0 radical (unpaired) electrons. The van der Waals surface area contributed by atoms with Crippen LogP contribution in [0.1, 0.15) is 48.0 Å². The Kier molecular flexibility index (Phi) is 6.80. The van der Waals surface area contributed by atoms with Crippen molar-refractivity contribution in [1.29, 1.82) is 0 Å². The molecule has 0 saturated carbocycles. The van der Waals surface area contributed by atoms with Crippen LogP contribution in [0.3, 0.4) is 0 Å². The van der Waals surface area contributed by atoms with Crippen molar-refractivity contribution >= 4 is 29.1 Å². The maximum atomic E-state index is 14.6. The van der Waals surface area contributed by atoms with Gasteiger partial charge >= 0.3 is 0 Å². The van der Waals surface area contributed by atoms with Crippen LogP contribution in [0.5, 0.6) is 0 Å². The first kappa shape index (κ1) is 22.0. The lowest BCUT2D eigenvalue weighted by atomic mass is 10.1. The smallest absolute Gasteiger partial charge is 0.255 e. The number of benzene rings is 2. The second-order valence-corrected chi connectivity index (χ2v) is 8.32. The van der Waals surface area contributed by atoms with Gasteiger partial charge in [-0.05, 0) is 68.8 Å². The highest BCUT2D eigenvalue weighted by atomic mass is 19.1. The summed E-state index contributed by atoms with van der Waals surface area (Å²) in [4.78, 5) is 37.9. The minimum absolute atomic E-state index is 0.260. The van der Waals surface area contributed by atoms with Crippen LogP contribution in [0.25, 0.3) is 0 Å². The van der Waals surface area contributed by atoms with E-state index in [0.717, 1.165) is 25.9 Å². The number of nitrogens with zero attached hydrogens (tertiary/aromatic N) is 1. The number of hydrogen-bond donors (Lipinski definition) is 3. The van der Waals surface area contributed by atoms with E-state index in [2.05, 4.69) is 20.9 Å². The van der Waals surface area contributed by atoms with E-state index in [9.17, 15) is 18.8 Å². The summed E-state index contributed by atoms with van der Waals surface area (Å²) in [5.74, 6) is -1.36. The summed E-state index contributed by atoms with van der Waals surface area (Å²) in [7, 11) is 0. The third kappa shape index (κ3) is 5.50. The van der Waals surface area contributed by atoms with Crippen molar-refractivity contribution in [3.05, 3.63) is 59.4 Å². The quantitative estimate of drug-likeness (QED) is 0.602. The van der Waals surface area contributed by atoms with E-state index < -0.39 is 6.04 Å². The highest BCUT2D eigenvalue weighted by Crippen LogP contribution is 2.20. The van der Waals surface area contributed by atoms with Crippen LogP contribution >= 0.6 is 0 Å². The van der Waals surface area contributed by atoms with E-state index >= 15 is 0 Å². The molecule has 168 valence electrons. The number of piperidine rings is 2. The Labute approximate surface area is 186 Å². The molecule has 8 heteroatoms. The molecule has 2 aromatic rings. The van der Waals surface area contributed by atoms with Gasteiger partial charge in [0, 0.05) is 35.5 Å². The maximum Gasteiger partial charge on any atom is 0.255 e.